The lowest BCUT2D eigenvalue weighted by Crippen LogP contribution is -2.52. The van der Waals surface area contributed by atoms with Gasteiger partial charge in [0.2, 0.25) is 0 Å². The fraction of sp³-hybridized carbons (Fsp3) is 0.417. The van der Waals surface area contributed by atoms with Gasteiger partial charge in [0, 0.05) is 24.5 Å². The number of urea groups is 1. The van der Waals surface area contributed by atoms with Gasteiger partial charge in [-0.25, -0.2) is 4.79 Å². The van der Waals surface area contributed by atoms with Gasteiger partial charge in [-0.1, -0.05) is 36.9 Å². The molecule has 1 aromatic carbocycles. The number of rotatable bonds is 8. The number of amides is 2. The number of nitrogens with zero attached hydrogens (tertiary/aromatic N) is 1. The fourth-order valence-corrected chi connectivity index (χ4v) is 4.68. The van der Waals surface area contributed by atoms with Crippen molar-refractivity contribution < 1.29 is 9.53 Å². The third kappa shape index (κ3) is 7.01. The quantitative estimate of drug-likeness (QED) is 0.317. The maximum atomic E-state index is 11.4. The van der Waals surface area contributed by atoms with Crippen molar-refractivity contribution in [3.63, 3.8) is 0 Å². The number of ether oxygens (including phenoxy) is 1. The Hall–Kier alpha value is -2.51. The topological polar surface area (TPSA) is 77.5 Å². The van der Waals surface area contributed by atoms with Gasteiger partial charge < -0.3 is 20.3 Å². The number of aryl methyl sites for hydroxylation is 1. The number of nitrogens with one attached hydrogen (secondary N) is 3. The number of benzene rings is 1. The molecule has 0 saturated carbocycles. The van der Waals surface area contributed by atoms with Crippen LogP contribution >= 0.6 is 11.8 Å². The van der Waals surface area contributed by atoms with Gasteiger partial charge in [-0.05, 0) is 74.7 Å². The predicted molar refractivity (Wildman–Crippen MR) is 129 cm³/mol. The normalized spacial score (nSPS) is 18.7. The average molecular weight is 441 g/mol. The second-order valence-electron chi connectivity index (χ2n) is 7.97. The van der Waals surface area contributed by atoms with Crippen LogP contribution in [0, 0.1) is 5.41 Å². The molecule has 31 heavy (non-hydrogen) atoms. The molecule has 6 nitrogen and oxygen atoms in total. The molecule has 2 saturated heterocycles. The van der Waals surface area contributed by atoms with Gasteiger partial charge in [-0.15, -0.1) is 0 Å². The Labute approximate surface area is 189 Å². The van der Waals surface area contributed by atoms with Crippen molar-refractivity contribution in [3.05, 3.63) is 65.6 Å². The smallest absolute Gasteiger partial charge is 0.315 e. The summed E-state index contributed by atoms with van der Waals surface area (Å²) in [6, 6.07) is 7.98. The summed E-state index contributed by atoms with van der Waals surface area (Å²) < 4.78 is 5.64. The number of likely N-dealkylation sites (tertiary alicyclic amines) is 1. The lowest BCUT2D eigenvalue weighted by atomic mass is 9.88. The van der Waals surface area contributed by atoms with E-state index in [4.69, 9.17) is 10.1 Å². The molecule has 2 aliphatic rings. The molecule has 2 fully saturated rings. The molecule has 0 unspecified atom stereocenters. The minimum atomic E-state index is -0.0268. The highest BCUT2D eigenvalue weighted by molar-refractivity contribution is 8.16. The Bertz CT molecular complexity index is 840. The first-order valence-electron chi connectivity index (χ1n) is 10.8. The third-order valence-corrected chi connectivity index (χ3v) is 6.45. The first-order valence-corrected chi connectivity index (χ1v) is 11.6. The van der Waals surface area contributed by atoms with Gasteiger partial charge in [0.25, 0.3) is 5.23 Å². The monoisotopic (exact) mass is 440 g/mol. The number of piperidine rings is 1. The maximum absolute atomic E-state index is 11.4. The van der Waals surface area contributed by atoms with Crippen molar-refractivity contribution in [2.75, 3.05) is 26.2 Å². The van der Waals surface area contributed by atoms with Crippen molar-refractivity contribution in [1.29, 1.82) is 5.41 Å². The summed E-state index contributed by atoms with van der Waals surface area (Å²) >= 11 is 1.26. The van der Waals surface area contributed by atoms with E-state index in [1.807, 2.05) is 37.3 Å². The predicted octanol–water partition coefficient (Wildman–Crippen LogP) is 4.46. The molecule has 3 rings (SSSR count). The summed E-state index contributed by atoms with van der Waals surface area (Å²) in [5.41, 5.74) is 1.25. The highest BCUT2D eigenvalue weighted by atomic mass is 32.2. The number of allylic oxidation sites excluding steroid dienone is 4. The molecule has 2 aliphatic heterocycles. The van der Waals surface area contributed by atoms with Crippen molar-refractivity contribution in [2.24, 2.45) is 0 Å². The van der Waals surface area contributed by atoms with E-state index in [9.17, 15) is 4.79 Å². The maximum Gasteiger partial charge on any atom is 0.315 e. The summed E-state index contributed by atoms with van der Waals surface area (Å²) in [6.45, 7) is 9.53. The summed E-state index contributed by atoms with van der Waals surface area (Å²) in [5.74, 6) is 0.674. The Morgan fingerprint density at radius 1 is 1.32 bits per heavy atom. The molecule has 0 radical (unpaired) electrons. The molecule has 0 atom stereocenters. The molecule has 2 amide bonds. The van der Waals surface area contributed by atoms with E-state index in [0.29, 0.717) is 5.75 Å². The van der Waals surface area contributed by atoms with Gasteiger partial charge >= 0.3 is 6.03 Å². The summed E-state index contributed by atoms with van der Waals surface area (Å²) in [6.07, 6.45) is 11.6. The first kappa shape index (κ1) is 23.2. The van der Waals surface area contributed by atoms with Gasteiger partial charge in [0.05, 0.1) is 5.54 Å². The van der Waals surface area contributed by atoms with Crippen LogP contribution in [0.25, 0.3) is 0 Å². The van der Waals surface area contributed by atoms with E-state index in [1.165, 1.54) is 17.3 Å². The molecule has 3 N–H and O–H groups in total. The van der Waals surface area contributed by atoms with Gasteiger partial charge in [0.15, 0.2) is 0 Å². The van der Waals surface area contributed by atoms with E-state index in [0.717, 1.165) is 56.8 Å². The van der Waals surface area contributed by atoms with Crippen LogP contribution in [0.2, 0.25) is 0 Å². The van der Waals surface area contributed by atoms with Crippen molar-refractivity contribution in [2.45, 2.75) is 38.1 Å². The second kappa shape index (κ2) is 11.2. The van der Waals surface area contributed by atoms with E-state index in [2.05, 4.69) is 34.2 Å². The molecule has 0 aromatic heterocycles. The van der Waals surface area contributed by atoms with Crippen LogP contribution in [0.3, 0.4) is 0 Å². The SMILES string of the molecule is C=C/C=C(\C=C/C)SC(=N)Oc1ccc(CCCN2CCC3(CC2)CNC(=O)N3)cc1. The number of thioether (sulfide) groups is 1. The number of hydrogen-bond donors (Lipinski definition) is 3. The molecule has 1 spiro atoms. The molecular formula is C24H32N4O2S. The van der Waals surface area contributed by atoms with Crippen LogP contribution in [-0.4, -0.2) is 47.9 Å². The zero-order valence-electron chi connectivity index (χ0n) is 18.2. The second-order valence-corrected chi connectivity index (χ2v) is 9.02. The van der Waals surface area contributed by atoms with Gasteiger partial charge in [-0.3, -0.25) is 5.41 Å². The van der Waals surface area contributed by atoms with E-state index in [1.54, 1.807) is 6.08 Å². The highest BCUT2D eigenvalue weighted by Crippen LogP contribution is 2.25. The summed E-state index contributed by atoms with van der Waals surface area (Å²) in [7, 11) is 0. The first-order chi connectivity index (χ1) is 15.0. The van der Waals surface area contributed by atoms with Crippen LogP contribution in [0.1, 0.15) is 31.7 Å². The van der Waals surface area contributed by atoms with Crippen LogP contribution in [-0.2, 0) is 6.42 Å². The summed E-state index contributed by atoms with van der Waals surface area (Å²) in [4.78, 5) is 14.8. The number of carbonyl (C=O) groups excluding carboxylic acids is 1. The van der Waals surface area contributed by atoms with Crippen molar-refractivity contribution in [3.8, 4) is 5.75 Å². The van der Waals surface area contributed by atoms with Crippen molar-refractivity contribution in [1.82, 2.24) is 15.5 Å². The largest absolute Gasteiger partial charge is 0.434 e. The minimum Gasteiger partial charge on any atom is -0.434 e. The number of carbonyl (C=O) groups is 1. The van der Waals surface area contributed by atoms with Crippen LogP contribution in [0.5, 0.6) is 5.75 Å². The van der Waals surface area contributed by atoms with Crippen LogP contribution in [0.15, 0.2) is 60.1 Å². The standard InChI is InChI=1S/C24H32N4O2S/c1-3-6-21(7-4-2)31-22(25)30-20-11-9-19(10-12-20)8-5-15-28-16-13-24(14-17-28)18-26-23(29)27-24/h3-4,6-7,9-12,25H,1,5,8,13-18H2,2H3,(H2,26,27,29)/b7-4-,21-6+,25-22?. The third-order valence-electron chi connectivity index (χ3n) is 5.68. The molecule has 7 heteroatoms. The molecule has 0 bridgehead atoms. The van der Waals surface area contributed by atoms with E-state index in [-0.39, 0.29) is 16.8 Å². The zero-order chi connectivity index (χ0) is 22.1. The minimum absolute atomic E-state index is 0.0233. The molecule has 2 heterocycles. The Morgan fingerprint density at radius 3 is 2.68 bits per heavy atom. The van der Waals surface area contributed by atoms with Gasteiger partial charge in [0.1, 0.15) is 5.75 Å². The molecular weight excluding hydrogens is 408 g/mol. The van der Waals surface area contributed by atoms with Crippen LogP contribution in [0.4, 0.5) is 4.79 Å². The Balaban J connectivity index is 1.38. The highest BCUT2D eigenvalue weighted by Gasteiger charge is 2.39. The molecule has 166 valence electrons. The average Bonchev–Trinajstić information content (AvgIpc) is 3.11. The fourth-order valence-electron chi connectivity index (χ4n) is 3.96. The number of hydrogen-bond acceptors (Lipinski definition) is 5. The van der Waals surface area contributed by atoms with Crippen LogP contribution < -0.4 is 15.4 Å². The Kier molecular flexibility index (Phi) is 8.37. The zero-order valence-corrected chi connectivity index (χ0v) is 19.0. The molecule has 1 aromatic rings. The van der Waals surface area contributed by atoms with Crippen molar-refractivity contribution >= 4 is 23.0 Å². The Morgan fingerprint density at radius 2 is 2.06 bits per heavy atom. The summed E-state index contributed by atoms with van der Waals surface area (Å²) in [5, 5.41) is 14.2. The van der Waals surface area contributed by atoms with E-state index < -0.39 is 0 Å². The lowest BCUT2D eigenvalue weighted by molar-refractivity contribution is 0.155. The van der Waals surface area contributed by atoms with Gasteiger partial charge in [-0.2, -0.15) is 0 Å². The molecule has 0 aliphatic carbocycles. The van der Waals surface area contributed by atoms with E-state index >= 15 is 0 Å². The lowest BCUT2D eigenvalue weighted by Gasteiger charge is -2.38.